The number of anilines is 1. The zero-order valence-corrected chi connectivity index (χ0v) is 10.5. The van der Waals surface area contributed by atoms with E-state index in [9.17, 15) is 27.6 Å². The summed E-state index contributed by atoms with van der Waals surface area (Å²) in [7, 11) is 0. The number of amides is 3. The fraction of sp³-hybridized carbons (Fsp3) is 0.250. The van der Waals surface area contributed by atoms with E-state index in [2.05, 4.69) is 5.32 Å². The van der Waals surface area contributed by atoms with Gasteiger partial charge in [0, 0.05) is 12.1 Å². The van der Waals surface area contributed by atoms with Crippen molar-refractivity contribution in [2.75, 3.05) is 5.32 Å². The predicted octanol–water partition coefficient (Wildman–Crippen LogP) is 2.22. The van der Waals surface area contributed by atoms with Crippen LogP contribution in [0.25, 0.3) is 0 Å². The topological polar surface area (TPSA) is 95.5 Å². The Labute approximate surface area is 116 Å². The molecule has 0 aliphatic heterocycles. The maximum atomic E-state index is 12.5. The summed E-state index contributed by atoms with van der Waals surface area (Å²) in [6.45, 7) is 0. The SMILES string of the molecule is O=C(O)CCC(=O)NC(=O)Nc1cccc(C(F)(F)F)c1. The molecular weight excluding hydrogens is 293 g/mol. The Balaban J connectivity index is 2.59. The highest BCUT2D eigenvalue weighted by Gasteiger charge is 2.30. The molecule has 3 amide bonds. The number of carboxylic acid groups (broad SMARTS) is 1. The van der Waals surface area contributed by atoms with E-state index in [0.29, 0.717) is 6.07 Å². The number of aliphatic carboxylic acids is 1. The van der Waals surface area contributed by atoms with Gasteiger partial charge in [-0.05, 0) is 18.2 Å². The summed E-state index contributed by atoms with van der Waals surface area (Å²) >= 11 is 0. The number of halogens is 3. The number of carboxylic acids is 1. The summed E-state index contributed by atoms with van der Waals surface area (Å²) in [6.07, 6.45) is -5.42. The molecule has 0 heterocycles. The van der Waals surface area contributed by atoms with Crippen molar-refractivity contribution in [2.24, 2.45) is 0 Å². The van der Waals surface area contributed by atoms with E-state index in [1.165, 1.54) is 6.07 Å². The van der Waals surface area contributed by atoms with Gasteiger partial charge in [0.1, 0.15) is 0 Å². The molecule has 9 heteroatoms. The molecule has 0 aromatic heterocycles. The lowest BCUT2D eigenvalue weighted by molar-refractivity contribution is -0.139. The number of rotatable bonds is 4. The second kappa shape index (κ2) is 6.73. The second-order valence-electron chi connectivity index (χ2n) is 3.97. The van der Waals surface area contributed by atoms with Gasteiger partial charge in [0.2, 0.25) is 5.91 Å². The minimum atomic E-state index is -4.55. The van der Waals surface area contributed by atoms with Gasteiger partial charge in [-0.3, -0.25) is 14.9 Å². The van der Waals surface area contributed by atoms with Crippen molar-refractivity contribution in [3.63, 3.8) is 0 Å². The van der Waals surface area contributed by atoms with E-state index in [1.807, 2.05) is 5.32 Å². The van der Waals surface area contributed by atoms with Gasteiger partial charge in [0.15, 0.2) is 0 Å². The van der Waals surface area contributed by atoms with Crippen molar-refractivity contribution in [2.45, 2.75) is 19.0 Å². The molecule has 114 valence electrons. The molecule has 0 aliphatic carbocycles. The minimum absolute atomic E-state index is 0.145. The molecule has 0 atom stereocenters. The maximum absolute atomic E-state index is 12.5. The first-order valence-corrected chi connectivity index (χ1v) is 5.68. The van der Waals surface area contributed by atoms with Crippen LogP contribution in [0.15, 0.2) is 24.3 Å². The molecular formula is C12H11F3N2O4. The summed E-state index contributed by atoms with van der Waals surface area (Å²) in [5.74, 6) is -2.05. The Morgan fingerprint density at radius 3 is 2.38 bits per heavy atom. The number of imide groups is 1. The third-order valence-electron chi connectivity index (χ3n) is 2.27. The van der Waals surface area contributed by atoms with Gasteiger partial charge < -0.3 is 10.4 Å². The molecule has 0 fully saturated rings. The van der Waals surface area contributed by atoms with Crippen LogP contribution in [0.3, 0.4) is 0 Å². The zero-order chi connectivity index (χ0) is 16.0. The average molecular weight is 304 g/mol. The number of nitrogens with one attached hydrogen (secondary N) is 2. The van der Waals surface area contributed by atoms with E-state index >= 15 is 0 Å². The molecule has 0 saturated heterocycles. The highest BCUT2D eigenvalue weighted by molar-refractivity contribution is 6.01. The summed E-state index contributed by atoms with van der Waals surface area (Å²) in [5.41, 5.74) is -1.09. The number of benzene rings is 1. The van der Waals surface area contributed by atoms with Gasteiger partial charge in [-0.1, -0.05) is 6.07 Å². The van der Waals surface area contributed by atoms with Crippen molar-refractivity contribution in [1.29, 1.82) is 0 Å². The van der Waals surface area contributed by atoms with Crippen molar-refractivity contribution >= 4 is 23.6 Å². The van der Waals surface area contributed by atoms with E-state index in [-0.39, 0.29) is 5.69 Å². The van der Waals surface area contributed by atoms with Crippen LogP contribution < -0.4 is 10.6 Å². The number of hydrogen-bond donors (Lipinski definition) is 3. The van der Waals surface area contributed by atoms with Crippen molar-refractivity contribution in [3.05, 3.63) is 29.8 Å². The third-order valence-corrected chi connectivity index (χ3v) is 2.27. The molecule has 1 aromatic rings. The van der Waals surface area contributed by atoms with Crippen LogP contribution in [0.4, 0.5) is 23.7 Å². The predicted molar refractivity (Wildman–Crippen MR) is 65.5 cm³/mol. The first-order chi connectivity index (χ1) is 9.68. The number of carbonyl (C=O) groups excluding carboxylic acids is 2. The highest BCUT2D eigenvalue weighted by atomic mass is 19.4. The molecule has 0 bridgehead atoms. The fourth-order valence-electron chi connectivity index (χ4n) is 1.35. The van der Waals surface area contributed by atoms with E-state index in [4.69, 9.17) is 5.11 Å². The van der Waals surface area contributed by atoms with Crippen molar-refractivity contribution < 1.29 is 32.7 Å². The van der Waals surface area contributed by atoms with Crippen LogP contribution in [-0.4, -0.2) is 23.0 Å². The molecule has 21 heavy (non-hydrogen) atoms. The van der Waals surface area contributed by atoms with Crippen LogP contribution in [0.5, 0.6) is 0 Å². The van der Waals surface area contributed by atoms with E-state index in [1.54, 1.807) is 0 Å². The van der Waals surface area contributed by atoms with Crippen LogP contribution in [0, 0.1) is 0 Å². The molecule has 0 aliphatic rings. The Bertz CT molecular complexity index is 558. The third kappa shape index (κ3) is 5.93. The van der Waals surface area contributed by atoms with Gasteiger partial charge in [0.25, 0.3) is 0 Å². The lowest BCUT2D eigenvalue weighted by Crippen LogP contribution is -2.34. The smallest absolute Gasteiger partial charge is 0.416 e. The minimum Gasteiger partial charge on any atom is -0.481 e. The summed E-state index contributed by atoms with van der Waals surface area (Å²) < 4.78 is 37.4. The first kappa shape index (κ1) is 16.5. The summed E-state index contributed by atoms with van der Waals surface area (Å²) in [4.78, 5) is 32.7. The molecule has 3 N–H and O–H groups in total. The van der Waals surface area contributed by atoms with Crippen LogP contribution in [0.2, 0.25) is 0 Å². The zero-order valence-electron chi connectivity index (χ0n) is 10.5. The molecule has 0 radical (unpaired) electrons. The van der Waals surface area contributed by atoms with Gasteiger partial charge >= 0.3 is 18.2 Å². The van der Waals surface area contributed by atoms with Gasteiger partial charge in [-0.25, -0.2) is 4.79 Å². The largest absolute Gasteiger partial charge is 0.481 e. The maximum Gasteiger partial charge on any atom is 0.416 e. The lowest BCUT2D eigenvalue weighted by Gasteiger charge is -2.10. The standard InChI is InChI=1S/C12H11F3N2O4/c13-12(14,15)7-2-1-3-8(6-7)16-11(21)17-9(18)4-5-10(19)20/h1-3,6H,4-5H2,(H,19,20)(H2,16,17,18,21). The number of carbonyl (C=O) groups is 3. The molecule has 0 saturated carbocycles. The average Bonchev–Trinajstić information content (AvgIpc) is 2.35. The highest BCUT2D eigenvalue weighted by Crippen LogP contribution is 2.30. The normalized spacial score (nSPS) is 10.8. The molecule has 6 nitrogen and oxygen atoms in total. The molecule has 0 unspecified atom stereocenters. The van der Waals surface area contributed by atoms with E-state index in [0.717, 1.165) is 12.1 Å². The molecule has 1 aromatic carbocycles. The van der Waals surface area contributed by atoms with Crippen LogP contribution in [0.1, 0.15) is 18.4 Å². The van der Waals surface area contributed by atoms with Gasteiger partial charge in [-0.2, -0.15) is 13.2 Å². The fourth-order valence-corrected chi connectivity index (χ4v) is 1.35. The van der Waals surface area contributed by atoms with Crippen LogP contribution in [-0.2, 0) is 15.8 Å². The summed E-state index contributed by atoms with van der Waals surface area (Å²) in [6, 6.07) is 2.83. The number of hydrogen-bond acceptors (Lipinski definition) is 3. The monoisotopic (exact) mass is 304 g/mol. The lowest BCUT2D eigenvalue weighted by atomic mass is 10.2. The van der Waals surface area contributed by atoms with Crippen molar-refractivity contribution in [1.82, 2.24) is 5.32 Å². The second-order valence-corrected chi connectivity index (χ2v) is 3.97. The number of alkyl halides is 3. The number of urea groups is 1. The molecule has 1 rings (SSSR count). The Morgan fingerprint density at radius 1 is 1.14 bits per heavy atom. The van der Waals surface area contributed by atoms with Gasteiger partial charge in [-0.15, -0.1) is 0 Å². The van der Waals surface area contributed by atoms with Crippen molar-refractivity contribution in [3.8, 4) is 0 Å². The summed E-state index contributed by atoms with van der Waals surface area (Å²) in [5, 5.41) is 12.2. The molecule has 0 spiro atoms. The van der Waals surface area contributed by atoms with E-state index < -0.39 is 42.5 Å². The van der Waals surface area contributed by atoms with Gasteiger partial charge in [0.05, 0.1) is 12.0 Å². The Hall–Kier alpha value is -2.58. The van der Waals surface area contributed by atoms with Crippen LogP contribution >= 0.6 is 0 Å². The Morgan fingerprint density at radius 2 is 1.81 bits per heavy atom. The Kier molecular flexibility index (Phi) is 5.28. The first-order valence-electron chi connectivity index (χ1n) is 5.68. The quantitative estimate of drug-likeness (QED) is 0.794.